The fourth-order valence-corrected chi connectivity index (χ4v) is 3.20. The molecule has 0 radical (unpaired) electrons. The summed E-state index contributed by atoms with van der Waals surface area (Å²) in [6.45, 7) is 3.96. The molecule has 0 unspecified atom stereocenters. The number of aromatic nitrogens is 2. The van der Waals surface area contributed by atoms with Gasteiger partial charge in [0.2, 0.25) is 0 Å². The lowest BCUT2D eigenvalue weighted by molar-refractivity contribution is 0.0655. The smallest absolute Gasteiger partial charge is 0.326 e. The summed E-state index contributed by atoms with van der Waals surface area (Å²) in [7, 11) is 0. The Labute approximate surface area is 129 Å². The molecule has 1 saturated heterocycles. The fourth-order valence-electron chi connectivity index (χ4n) is 3.20. The number of benzene rings is 1. The number of nitrogens with one attached hydrogen (secondary N) is 1. The molecule has 1 fully saturated rings. The number of rotatable bonds is 6. The molecular formula is C16H23N3O3. The minimum Gasteiger partial charge on any atom is -0.394 e. The third kappa shape index (κ3) is 3.24. The van der Waals surface area contributed by atoms with Crippen molar-refractivity contribution in [2.24, 2.45) is 0 Å². The van der Waals surface area contributed by atoms with E-state index in [1.165, 1.54) is 0 Å². The zero-order valence-corrected chi connectivity index (χ0v) is 12.7. The van der Waals surface area contributed by atoms with Gasteiger partial charge in [-0.1, -0.05) is 12.1 Å². The van der Waals surface area contributed by atoms with E-state index in [0.29, 0.717) is 13.2 Å². The highest BCUT2D eigenvalue weighted by atomic mass is 16.5. The van der Waals surface area contributed by atoms with E-state index < -0.39 is 0 Å². The van der Waals surface area contributed by atoms with Crippen LogP contribution >= 0.6 is 0 Å². The van der Waals surface area contributed by atoms with Gasteiger partial charge in [0.1, 0.15) is 0 Å². The van der Waals surface area contributed by atoms with E-state index in [1.54, 1.807) is 0 Å². The Bertz CT molecular complexity index is 656. The van der Waals surface area contributed by atoms with E-state index in [4.69, 9.17) is 9.84 Å². The minimum atomic E-state index is -0.00840. The lowest BCUT2D eigenvalue weighted by atomic mass is 10.0. The van der Waals surface area contributed by atoms with Gasteiger partial charge in [-0.3, -0.25) is 4.57 Å². The van der Waals surface area contributed by atoms with Gasteiger partial charge in [0.05, 0.1) is 30.9 Å². The molecule has 1 aliphatic heterocycles. The van der Waals surface area contributed by atoms with E-state index in [1.807, 2.05) is 28.8 Å². The van der Waals surface area contributed by atoms with Crippen LogP contribution in [0.15, 0.2) is 29.1 Å². The van der Waals surface area contributed by atoms with Crippen LogP contribution in [0.4, 0.5) is 0 Å². The molecule has 1 aliphatic rings. The van der Waals surface area contributed by atoms with Crippen LogP contribution in [-0.4, -0.2) is 59.0 Å². The first-order valence-corrected chi connectivity index (χ1v) is 7.90. The SMILES string of the molecule is O=c1[nH]c2ccccc2n1C1CCN(CCOCCO)CC1. The van der Waals surface area contributed by atoms with Crippen LogP contribution in [0.3, 0.4) is 0 Å². The molecule has 2 N–H and O–H groups in total. The molecule has 0 atom stereocenters. The molecule has 1 aromatic heterocycles. The lowest BCUT2D eigenvalue weighted by Crippen LogP contribution is -2.38. The van der Waals surface area contributed by atoms with Crippen molar-refractivity contribution in [3.05, 3.63) is 34.7 Å². The lowest BCUT2D eigenvalue weighted by Gasteiger charge is -2.32. The fraction of sp³-hybridized carbons (Fsp3) is 0.562. The number of aliphatic hydroxyl groups excluding tert-OH is 1. The molecule has 6 nitrogen and oxygen atoms in total. The van der Waals surface area contributed by atoms with E-state index in [-0.39, 0.29) is 18.3 Å². The second-order valence-electron chi connectivity index (χ2n) is 5.73. The van der Waals surface area contributed by atoms with Gasteiger partial charge in [0, 0.05) is 25.7 Å². The van der Waals surface area contributed by atoms with Crippen molar-refractivity contribution in [2.45, 2.75) is 18.9 Å². The minimum absolute atomic E-state index is 0.00840. The highest BCUT2D eigenvalue weighted by Crippen LogP contribution is 2.24. The zero-order chi connectivity index (χ0) is 15.4. The van der Waals surface area contributed by atoms with Gasteiger partial charge in [0.25, 0.3) is 0 Å². The van der Waals surface area contributed by atoms with Gasteiger partial charge in [-0.2, -0.15) is 0 Å². The summed E-state index contributed by atoms with van der Waals surface area (Å²) in [5, 5.41) is 8.68. The van der Waals surface area contributed by atoms with E-state index in [2.05, 4.69) is 9.88 Å². The number of fused-ring (bicyclic) bond motifs is 1. The summed E-state index contributed by atoms with van der Waals surface area (Å²) in [5.74, 6) is 0. The molecule has 2 aromatic rings. The van der Waals surface area contributed by atoms with Crippen molar-refractivity contribution in [3.63, 3.8) is 0 Å². The molecule has 6 heteroatoms. The third-order valence-corrected chi connectivity index (χ3v) is 4.33. The second kappa shape index (κ2) is 7.09. The first kappa shape index (κ1) is 15.3. The summed E-state index contributed by atoms with van der Waals surface area (Å²) >= 11 is 0. The van der Waals surface area contributed by atoms with Gasteiger partial charge in [-0.15, -0.1) is 0 Å². The Kier molecular flexibility index (Phi) is 4.92. The van der Waals surface area contributed by atoms with Crippen molar-refractivity contribution in [1.29, 1.82) is 0 Å². The monoisotopic (exact) mass is 305 g/mol. The number of H-pyrrole nitrogens is 1. The van der Waals surface area contributed by atoms with Crippen molar-refractivity contribution in [2.75, 3.05) is 39.5 Å². The predicted molar refractivity (Wildman–Crippen MR) is 85.2 cm³/mol. The van der Waals surface area contributed by atoms with E-state index >= 15 is 0 Å². The van der Waals surface area contributed by atoms with Gasteiger partial charge in [-0.25, -0.2) is 4.79 Å². The Morgan fingerprint density at radius 2 is 2.00 bits per heavy atom. The molecule has 1 aromatic carbocycles. The number of hydrogen-bond donors (Lipinski definition) is 2. The number of aliphatic hydroxyl groups is 1. The first-order valence-electron chi connectivity index (χ1n) is 7.90. The molecule has 0 spiro atoms. The van der Waals surface area contributed by atoms with Crippen LogP contribution in [0.2, 0.25) is 0 Å². The van der Waals surface area contributed by atoms with Crippen LogP contribution in [0.1, 0.15) is 18.9 Å². The average molecular weight is 305 g/mol. The average Bonchev–Trinajstić information content (AvgIpc) is 2.88. The van der Waals surface area contributed by atoms with E-state index in [9.17, 15) is 4.79 Å². The maximum absolute atomic E-state index is 12.2. The molecule has 3 rings (SSSR count). The van der Waals surface area contributed by atoms with Crippen molar-refractivity contribution in [1.82, 2.24) is 14.5 Å². The molecule has 0 aliphatic carbocycles. The number of aromatic amines is 1. The largest absolute Gasteiger partial charge is 0.394 e. The zero-order valence-electron chi connectivity index (χ0n) is 12.7. The topological polar surface area (TPSA) is 70.5 Å². The maximum Gasteiger partial charge on any atom is 0.326 e. The molecule has 120 valence electrons. The van der Waals surface area contributed by atoms with Crippen LogP contribution < -0.4 is 5.69 Å². The number of hydrogen-bond acceptors (Lipinski definition) is 4. The molecular weight excluding hydrogens is 282 g/mol. The van der Waals surface area contributed by atoms with Crippen LogP contribution in [0.5, 0.6) is 0 Å². The van der Waals surface area contributed by atoms with Crippen molar-refractivity contribution < 1.29 is 9.84 Å². The van der Waals surface area contributed by atoms with Crippen LogP contribution in [0.25, 0.3) is 11.0 Å². The predicted octanol–water partition coefficient (Wildman–Crippen LogP) is 0.975. The van der Waals surface area contributed by atoms with Crippen molar-refractivity contribution in [3.8, 4) is 0 Å². The normalized spacial score (nSPS) is 17.3. The molecule has 22 heavy (non-hydrogen) atoms. The van der Waals surface area contributed by atoms with Crippen LogP contribution in [0, 0.1) is 0 Å². The van der Waals surface area contributed by atoms with Crippen molar-refractivity contribution >= 4 is 11.0 Å². The highest BCUT2D eigenvalue weighted by molar-refractivity contribution is 5.75. The first-order chi connectivity index (χ1) is 10.8. The number of para-hydroxylation sites is 2. The standard InChI is InChI=1S/C16H23N3O3/c20-10-12-22-11-9-18-7-5-13(6-8-18)19-15-4-2-1-3-14(15)17-16(19)21/h1-4,13,20H,5-12H2,(H,17,21). The molecule has 0 saturated carbocycles. The third-order valence-electron chi connectivity index (χ3n) is 4.33. The molecule has 0 amide bonds. The quantitative estimate of drug-likeness (QED) is 0.780. The number of ether oxygens (including phenoxy) is 1. The summed E-state index contributed by atoms with van der Waals surface area (Å²) in [6.07, 6.45) is 1.95. The summed E-state index contributed by atoms with van der Waals surface area (Å²) in [5.41, 5.74) is 1.90. The number of imidazole rings is 1. The maximum atomic E-state index is 12.2. The van der Waals surface area contributed by atoms with Gasteiger partial charge in [-0.05, 0) is 25.0 Å². The van der Waals surface area contributed by atoms with Crippen LogP contribution in [-0.2, 0) is 4.74 Å². The number of likely N-dealkylation sites (tertiary alicyclic amines) is 1. The molecule has 0 bridgehead atoms. The number of nitrogens with zero attached hydrogens (tertiary/aromatic N) is 2. The summed E-state index contributed by atoms with van der Waals surface area (Å²) < 4.78 is 7.22. The van der Waals surface area contributed by atoms with E-state index in [0.717, 1.165) is 43.5 Å². The Balaban J connectivity index is 1.61. The second-order valence-corrected chi connectivity index (χ2v) is 5.73. The van der Waals surface area contributed by atoms with Gasteiger partial charge >= 0.3 is 5.69 Å². The highest BCUT2D eigenvalue weighted by Gasteiger charge is 2.23. The Morgan fingerprint density at radius 1 is 1.23 bits per heavy atom. The van der Waals surface area contributed by atoms with Gasteiger partial charge in [0.15, 0.2) is 0 Å². The summed E-state index contributed by atoms with van der Waals surface area (Å²) in [6, 6.07) is 8.12. The Hall–Kier alpha value is -1.63. The van der Waals surface area contributed by atoms with Gasteiger partial charge < -0.3 is 19.7 Å². The Morgan fingerprint density at radius 3 is 2.77 bits per heavy atom. The number of piperidine rings is 1. The molecule has 2 heterocycles. The summed E-state index contributed by atoms with van der Waals surface area (Å²) in [4.78, 5) is 17.5.